The van der Waals surface area contributed by atoms with Gasteiger partial charge in [0.05, 0.1) is 12.7 Å². The van der Waals surface area contributed by atoms with E-state index in [1.165, 1.54) is 25.3 Å². The summed E-state index contributed by atoms with van der Waals surface area (Å²) in [5.41, 5.74) is 1.59. The number of anilines is 1. The van der Waals surface area contributed by atoms with Gasteiger partial charge in [0.15, 0.2) is 17.6 Å². The van der Waals surface area contributed by atoms with E-state index < -0.39 is 18.0 Å². The lowest BCUT2D eigenvalue weighted by Gasteiger charge is -2.13. The molecule has 1 atom stereocenters. The molecule has 0 bridgehead atoms. The molecule has 0 aliphatic carbocycles. The van der Waals surface area contributed by atoms with Crippen molar-refractivity contribution in [1.82, 2.24) is 0 Å². The molecule has 0 saturated heterocycles. The van der Waals surface area contributed by atoms with E-state index in [4.69, 9.17) is 18.6 Å². The van der Waals surface area contributed by atoms with E-state index in [-0.39, 0.29) is 19.0 Å². The standard InChI is InChI=1S/C20H17NO7/c1-11(20(24)21-13-2-5-16-18(7-13)27-10-26-16)28-19(23)6-12-9-25-17-8-14(22)3-4-15(12)17/h2-5,7-9,11,22H,6,10H2,1H3,(H,21,24)/t11-/m0/s1. The van der Waals surface area contributed by atoms with Crippen molar-refractivity contribution in [2.24, 2.45) is 0 Å². The van der Waals surface area contributed by atoms with Gasteiger partial charge < -0.3 is 29.1 Å². The number of ether oxygens (including phenoxy) is 3. The van der Waals surface area contributed by atoms with Crippen LogP contribution in [0.5, 0.6) is 17.2 Å². The Labute approximate surface area is 159 Å². The molecule has 0 saturated carbocycles. The summed E-state index contributed by atoms with van der Waals surface area (Å²) in [6, 6.07) is 9.64. The van der Waals surface area contributed by atoms with E-state index in [9.17, 15) is 14.7 Å². The maximum absolute atomic E-state index is 12.3. The van der Waals surface area contributed by atoms with Gasteiger partial charge in [0.25, 0.3) is 5.91 Å². The highest BCUT2D eigenvalue weighted by atomic mass is 16.7. The van der Waals surface area contributed by atoms with Crippen LogP contribution in [0.25, 0.3) is 11.0 Å². The van der Waals surface area contributed by atoms with Crippen LogP contribution in [0.1, 0.15) is 12.5 Å². The highest BCUT2D eigenvalue weighted by molar-refractivity contribution is 5.95. The smallest absolute Gasteiger partial charge is 0.311 e. The summed E-state index contributed by atoms with van der Waals surface area (Å²) < 4.78 is 21.0. The molecule has 1 amide bonds. The average molecular weight is 383 g/mol. The van der Waals surface area contributed by atoms with Gasteiger partial charge in [-0.25, -0.2) is 0 Å². The molecule has 0 unspecified atom stereocenters. The minimum absolute atomic E-state index is 0.0561. The zero-order valence-electron chi connectivity index (χ0n) is 14.9. The fraction of sp³-hybridized carbons (Fsp3) is 0.200. The number of phenolic OH excluding ortho intramolecular Hbond substituents is 1. The minimum Gasteiger partial charge on any atom is -0.508 e. The molecule has 8 nitrogen and oxygen atoms in total. The molecule has 1 aliphatic heterocycles. The van der Waals surface area contributed by atoms with Gasteiger partial charge in [-0.15, -0.1) is 0 Å². The molecule has 0 radical (unpaired) electrons. The average Bonchev–Trinajstić information content (AvgIpc) is 3.27. The predicted molar refractivity (Wildman–Crippen MR) is 98.3 cm³/mol. The monoisotopic (exact) mass is 383 g/mol. The van der Waals surface area contributed by atoms with Crippen LogP contribution < -0.4 is 14.8 Å². The summed E-state index contributed by atoms with van der Waals surface area (Å²) in [7, 11) is 0. The number of furan rings is 1. The third-order valence-corrected chi connectivity index (χ3v) is 4.29. The summed E-state index contributed by atoms with van der Waals surface area (Å²) in [6.45, 7) is 1.63. The van der Waals surface area contributed by atoms with E-state index in [1.807, 2.05) is 0 Å². The van der Waals surface area contributed by atoms with Crippen molar-refractivity contribution in [2.45, 2.75) is 19.4 Å². The lowest BCUT2D eigenvalue weighted by molar-refractivity contribution is -0.152. The Hall–Kier alpha value is -3.68. The molecule has 3 aromatic rings. The van der Waals surface area contributed by atoms with Crippen LogP contribution in [0.3, 0.4) is 0 Å². The first-order chi connectivity index (χ1) is 13.5. The van der Waals surface area contributed by atoms with E-state index in [1.54, 1.807) is 24.3 Å². The number of rotatable bonds is 5. The second kappa shape index (κ2) is 7.15. The molecule has 1 aromatic heterocycles. The maximum Gasteiger partial charge on any atom is 0.311 e. The lowest BCUT2D eigenvalue weighted by atomic mass is 10.1. The Morgan fingerprint density at radius 3 is 2.86 bits per heavy atom. The van der Waals surface area contributed by atoms with Crippen LogP contribution in [0.2, 0.25) is 0 Å². The van der Waals surface area contributed by atoms with Crippen molar-refractivity contribution in [3.05, 3.63) is 48.2 Å². The van der Waals surface area contributed by atoms with Gasteiger partial charge in [0.1, 0.15) is 11.3 Å². The van der Waals surface area contributed by atoms with Crippen molar-refractivity contribution < 1.29 is 33.3 Å². The van der Waals surface area contributed by atoms with Gasteiger partial charge in [-0.05, 0) is 31.2 Å². The van der Waals surface area contributed by atoms with Crippen molar-refractivity contribution in [3.63, 3.8) is 0 Å². The Morgan fingerprint density at radius 1 is 1.18 bits per heavy atom. The van der Waals surface area contributed by atoms with Gasteiger partial charge in [-0.2, -0.15) is 0 Å². The van der Waals surface area contributed by atoms with Gasteiger partial charge >= 0.3 is 5.97 Å². The number of phenols is 1. The molecule has 28 heavy (non-hydrogen) atoms. The Kier molecular flexibility index (Phi) is 4.52. The van der Waals surface area contributed by atoms with Crippen LogP contribution >= 0.6 is 0 Å². The molecule has 2 heterocycles. The zero-order valence-corrected chi connectivity index (χ0v) is 14.9. The third kappa shape index (κ3) is 3.57. The number of benzene rings is 2. The molecular formula is C20H17NO7. The van der Waals surface area contributed by atoms with Crippen molar-refractivity contribution in [1.29, 1.82) is 0 Å². The number of hydrogen-bond acceptors (Lipinski definition) is 7. The molecule has 144 valence electrons. The van der Waals surface area contributed by atoms with Crippen LogP contribution in [0.4, 0.5) is 5.69 Å². The molecule has 0 spiro atoms. The van der Waals surface area contributed by atoms with Crippen molar-refractivity contribution in [2.75, 3.05) is 12.1 Å². The van der Waals surface area contributed by atoms with Crippen LogP contribution in [-0.4, -0.2) is 29.9 Å². The molecule has 0 fully saturated rings. The SMILES string of the molecule is C[C@H](OC(=O)Cc1coc2cc(O)ccc12)C(=O)Nc1ccc2c(c1)OCO2. The lowest BCUT2D eigenvalue weighted by Crippen LogP contribution is -2.30. The number of nitrogens with one attached hydrogen (secondary N) is 1. The van der Waals surface area contributed by atoms with Gasteiger partial charge in [0, 0.05) is 28.8 Å². The second-order valence-corrected chi connectivity index (χ2v) is 6.31. The van der Waals surface area contributed by atoms with Crippen LogP contribution in [0.15, 0.2) is 47.1 Å². The van der Waals surface area contributed by atoms with Gasteiger partial charge in [-0.3, -0.25) is 9.59 Å². The normalized spacial score (nSPS) is 13.3. The summed E-state index contributed by atoms with van der Waals surface area (Å²) in [5, 5.41) is 12.8. The van der Waals surface area contributed by atoms with E-state index in [2.05, 4.69) is 5.32 Å². The highest BCUT2D eigenvalue weighted by Gasteiger charge is 2.21. The fourth-order valence-corrected chi connectivity index (χ4v) is 2.87. The predicted octanol–water partition coefficient (Wildman–Crippen LogP) is 2.98. The molecule has 2 N–H and O–H groups in total. The summed E-state index contributed by atoms with van der Waals surface area (Å²) >= 11 is 0. The number of carbonyl (C=O) groups excluding carboxylic acids is 2. The zero-order chi connectivity index (χ0) is 19.7. The van der Waals surface area contributed by atoms with E-state index >= 15 is 0 Å². The van der Waals surface area contributed by atoms with Crippen LogP contribution in [0, 0.1) is 0 Å². The molecule has 4 rings (SSSR count). The van der Waals surface area contributed by atoms with Gasteiger partial charge in [-0.1, -0.05) is 0 Å². The summed E-state index contributed by atoms with van der Waals surface area (Å²) in [6.07, 6.45) is 0.391. The first kappa shape index (κ1) is 17.7. The number of fused-ring (bicyclic) bond motifs is 2. The first-order valence-electron chi connectivity index (χ1n) is 8.58. The Morgan fingerprint density at radius 2 is 2.00 bits per heavy atom. The van der Waals surface area contributed by atoms with Gasteiger partial charge in [0.2, 0.25) is 6.79 Å². The number of esters is 1. The second-order valence-electron chi connectivity index (χ2n) is 6.31. The quantitative estimate of drug-likeness (QED) is 0.652. The minimum atomic E-state index is -0.986. The summed E-state index contributed by atoms with van der Waals surface area (Å²) in [4.78, 5) is 24.5. The molecular weight excluding hydrogens is 366 g/mol. The highest BCUT2D eigenvalue weighted by Crippen LogP contribution is 2.34. The number of amides is 1. The van der Waals surface area contributed by atoms with Crippen molar-refractivity contribution in [3.8, 4) is 17.2 Å². The number of aromatic hydroxyl groups is 1. The molecule has 2 aromatic carbocycles. The summed E-state index contributed by atoms with van der Waals surface area (Å²) in [5.74, 6) is 0.196. The Balaban J connectivity index is 1.36. The van der Waals surface area contributed by atoms with Crippen molar-refractivity contribution >= 4 is 28.5 Å². The fourth-order valence-electron chi connectivity index (χ4n) is 2.87. The largest absolute Gasteiger partial charge is 0.508 e. The number of carbonyl (C=O) groups is 2. The molecule has 1 aliphatic rings. The van der Waals surface area contributed by atoms with Crippen LogP contribution in [-0.2, 0) is 20.7 Å². The maximum atomic E-state index is 12.3. The van der Waals surface area contributed by atoms with E-state index in [0.29, 0.717) is 33.7 Å². The van der Waals surface area contributed by atoms with E-state index in [0.717, 1.165) is 0 Å². The molecule has 8 heteroatoms. The first-order valence-corrected chi connectivity index (χ1v) is 8.58. The number of hydrogen-bond donors (Lipinski definition) is 2. The topological polar surface area (TPSA) is 107 Å². The third-order valence-electron chi connectivity index (χ3n) is 4.29. The Bertz CT molecular complexity index is 1060.